The minimum Gasteiger partial charge on any atom is -0.377 e. The van der Waals surface area contributed by atoms with Crippen LogP contribution in [0.15, 0.2) is 0 Å². The average Bonchev–Trinajstić information content (AvgIpc) is 3.30. The number of amides is 1. The first-order valence-corrected chi connectivity index (χ1v) is 9.98. The molecule has 2 heterocycles. The van der Waals surface area contributed by atoms with E-state index in [2.05, 4.69) is 24.3 Å². The molecule has 1 aromatic heterocycles. The molecule has 0 bridgehead atoms. The van der Waals surface area contributed by atoms with E-state index >= 15 is 0 Å². The summed E-state index contributed by atoms with van der Waals surface area (Å²) in [6.07, 6.45) is 7.34. The van der Waals surface area contributed by atoms with E-state index in [0.29, 0.717) is 36.9 Å². The monoisotopic (exact) mass is 345 g/mol. The van der Waals surface area contributed by atoms with Gasteiger partial charge < -0.3 is 10.1 Å². The van der Waals surface area contributed by atoms with Crippen molar-refractivity contribution in [3.63, 3.8) is 0 Å². The molecule has 4 rings (SSSR count). The Labute approximate surface area is 150 Å². The molecular formula is C20H31N3O2. The molecule has 2 aliphatic carbocycles. The van der Waals surface area contributed by atoms with Gasteiger partial charge in [-0.3, -0.25) is 9.48 Å². The van der Waals surface area contributed by atoms with Crippen molar-refractivity contribution in [1.82, 2.24) is 15.1 Å². The Hall–Kier alpha value is -1.36. The quantitative estimate of drug-likeness (QED) is 0.893. The number of nitrogens with one attached hydrogen (secondary N) is 1. The number of aryl methyl sites for hydroxylation is 2. The topological polar surface area (TPSA) is 56.2 Å². The van der Waals surface area contributed by atoms with Crippen LogP contribution >= 0.6 is 0 Å². The molecule has 1 N–H and O–H groups in total. The second-order valence-electron chi connectivity index (χ2n) is 8.27. The highest BCUT2D eigenvalue weighted by molar-refractivity contribution is 5.76. The van der Waals surface area contributed by atoms with Crippen LogP contribution in [0, 0.1) is 38.5 Å². The average molecular weight is 345 g/mol. The van der Waals surface area contributed by atoms with Crippen LogP contribution in [0.4, 0.5) is 0 Å². The first-order chi connectivity index (χ1) is 12.1. The highest BCUT2D eigenvalue weighted by atomic mass is 16.5. The zero-order valence-electron chi connectivity index (χ0n) is 15.8. The van der Waals surface area contributed by atoms with E-state index in [4.69, 9.17) is 4.74 Å². The fraction of sp³-hybridized carbons (Fsp3) is 0.800. The molecule has 0 spiro atoms. The predicted molar refractivity (Wildman–Crippen MR) is 96.3 cm³/mol. The fourth-order valence-corrected chi connectivity index (χ4v) is 5.33. The van der Waals surface area contributed by atoms with Crippen molar-refractivity contribution in [2.75, 3.05) is 6.61 Å². The molecule has 2 saturated carbocycles. The van der Waals surface area contributed by atoms with E-state index in [-0.39, 0.29) is 5.91 Å². The first kappa shape index (κ1) is 17.1. The second kappa shape index (κ2) is 6.75. The van der Waals surface area contributed by atoms with Crippen molar-refractivity contribution in [3.05, 3.63) is 17.0 Å². The molecule has 138 valence electrons. The van der Waals surface area contributed by atoms with Crippen LogP contribution in [0.3, 0.4) is 0 Å². The van der Waals surface area contributed by atoms with Gasteiger partial charge >= 0.3 is 0 Å². The molecule has 0 unspecified atom stereocenters. The van der Waals surface area contributed by atoms with Gasteiger partial charge in [0, 0.05) is 43.1 Å². The van der Waals surface area contributed by atoms with Gasteiger partial charge in [-0.15, -0.1) is 0 Å². The summed E-state index contributed by atoms with van der Waals surface area (Å²) < 4.78 is 7.96. The summed E-state index contributed by atoms with van der Waals surface area (Å²) in [6.45, 7) is 7.73. The summed E-state index contributed by atoms with van der Waals surface area (Å²) in [5.74, 6) is 2.02. The Balaban J connectivity index is 1.35. The van der Waals surface area contributed by atoms with E-state index in [1.165, 1.54) is 36.9 Å². The third kappa shape index (κ3) is 3.01. The summed E-state index contributed by atoms with van der Waals surface area (Å²) in [5, 5.41) is 7.91. The Kier molecular flexibility index (Phi) is 4.61. The molecule has 3 fully saturated rings. The van der Waals surface area contributed by atoms with Gasteiger partial charge in [-0.1, -0.05) is 25.7 Å². The standard InChI is InChI=1S/C20H31N3O2/c1-12-13(2)22-23(14(12)3)10-8-17(24)21-19-16-9-11-25-20(16)18(19)15-6-4-5-7-15/h15-16,18-20H,4-11H2,1-3H3,(H,21,24)/t16-,18+,19+,20-/m0/s1. The summed E-state index contributed by atoms with van der Waals surface area (Å²) >= 11 is 0. The number of ether oxygens (including phenoxy) is 1. The molecule has 0 aromatic carbocycles. The molecular weight excluding hydrogens is 314 g/mol. The number of hydrogen-bond donors (Lipinski definition) is 1. The van der Waals surface area contributed by atoms with Crippen LogP contribution in [-0.2, 0) is 16.1 Å². The van der Waals surface area contributed by atoms with Crippen molar-refractivity contribution < 1.29 is 9.53 Å². The van der Waals surface area contributed by atoms with E-state index in [1.807, 2.05) is 11.6 Å². The van der Waals surface area contributed by atoms with Crippen LogP contribution < -0.4 is 5.32 Å². The van der Waals surface area contributed by atoms with Gasteiger partial charge in [0.25, 0.3) is 0 Å². The number of hydrogen-bond acceptors (Lipinski definition) is 3. The van der Waals surface area contributed by atoms with Crippen LogP contribution in [0.1, 0.15) is 55.5 Å². The molecule has 1 aromatic rings. The Morgan fingerprint density at radius 3 is 2.68 bits per heavy atom. The third-order valence-corrected chi connectivity index (χ3v) is 7.00. The minimum absolute atomic E-state index is 0.170. The van der Waals surface area contributed by atoms with Crippen molar-refractivity contribution in [3.8, 4) is 0 Å². The first-order valence-electron chi connectivity index (χ1n) is 9.98. The number of carbonyl (C=O) groups excluding carboxylic acids is 1. The largest absolute Gasteiger partial charge is 0.377 e. The van der Waals surface area contributed by atoms with Gasteiger partial charge in [0.15, 0.2) is 0 Å². The smallest absolute Gasteiger partial charge is 0.222 e. The zero-order valence-corrected chi connectivity index (χ0v) is 15.8. The highest BCUT2D eigenvalue weighted by Gasteiger charge is 2.56. The molecule has 5 nitrogen and oxygen atoms in total. The lowest BCUT2D eigenvalue weighted by molar-refractivity contribution is -0.130. The fourth-order valence-electron chi connectivity index (χ4n) is 5.33. The van der Waals surface area contributed by atoms with Crippen LogP contribution in [0.2, 0.25) is 0 Å². The van der Waals surface area contributed by atoms with Crippen LogP contribution in [0.5, 0.6) is 0 Å². The molecule has 0 radical (unpaired) electrons. The Morgan fingerprint density at radius 1 is 1.24 bits per heavy atom. The van der Waals surface area contributed by atoms with Gasteiger partial charge in [-0.2, -0.15) is 5.10 Å². The zero-order chi connectivity index (χ0) is 17.6. The van der Waals surface area contributed by atoms with Crippen molar-refractivity contribution in [2.45, 2.75) is 78.0 Å². The molecule has 3 aliphatic rings. The number of nitrogens with zero attached hydrogens (tertiary/aromatic N) is 2. The van der Waals surface area contributed by atoms with Crippen LogP contribution in [0.25, 0.3) is 0 Å². The lowest BCUT2D eigenvalue weighted by atomic mass is 9.61. The SMILES string of the molecule is Cc1nn(CCC(=O)N[C@@H]2[C@@H]3CCO[C@@H]3[C@@H]2C2CCCC2)c(C)c1C. The number of aromatic nitrogens is 2. The third-order valence-electron chi connectivity index (χ3n) is 7.00. The molecule has 4 atom stereocenters. The maximum atomic E-state index is 12.6. The number of fused-ring (bicyclic) bond motifs is 1. The maximum Gasteiger partial charge on any atom is 0.222 e. The molecule has 5 heteroatoms. The van der Waals surface area contributed by atoms with Crippen molar-refractivity contribution in [2.24, 2.45) is 17.8 Å². The van der Waals surface area contributed by atoms with E-state index < -0.39 is 0 Å². The summed E-state index contributed by atoms with van der Waals surface area (Å²) in [7, 11) is 0. The summed E-state index contributed by atoms with van der Waals surface area (Å²) in [6, 6.07) is 0.338. The molecule has 1 amide bonds. The lowest BCUT2D eigenvalue weighted by Gasteiger charge is -2.50. The lowest BCUT2D eigenvalue weighted by Crippen LogP contribution is -2.63. The normalized spacial score (nSPS) is 31.8. The maximum absolute atomic E-state index is 12.6. The van der Waals surface area contributed by atoms with E-state index in [9.17, 15) is 4.79 Å². The number of rotatable bonds is 5. The predicted octanol–water partition coefficient (Wildman–Crippen LogP) is 2.91. The van der Waals surface area contributed by atoms with Gasteiger partial charge in [-0.25, -0.2) is 0 Å². The molecule has 25 heavy (non-hydrogen) atoms. The Bertz CT molecular complexity index is 643. The van der Waals surface area contributed by atoms with Gasteiger partial charge in [0.05, 0.1) is 11.8 Å². The summed E-state index contributed by atoms with van der Waals surface area (Å²) in [4.78, 5) is 12.6. The van der Waals surface area contributed by atoms with Crippen LogP contribution in [-0.4, -0.2) is 34.4 Å². The van der Waals surface area contributed by atoms with E-state index in [0.717, 1.165) is 24.6 Å². The van der Waals surface area contributed by atoms with Crippen molar-refractivity contribution >= 4 is 5.91 Å². The van der Waals surface area contributed by atoms with Gasteiger partial charge in [-0.05, 0) is 38.7 Å². The molecule has 1 aliphatic heterocycles. The second-order valence-corrected chi connectivity index (χ2v) is 8.27. The van der Waals surface area contributed by atoms with E-state index in [1.54, 1.807) is 0 Å². The van der Waals surface area contributed by atoms with Gasteiger partial charge in [0.2, 0.25) is 5.91 Å². The number of carbonyl (C=O) groups is 1. The highest BCUT2D eigenvalue weighted by Crippen LogP contribution is 2.51. The van der Waals surface area contributed by atoms with Crippen molar-refractivity contribution in [1.29, 1.82) is 0 Å². The Morgan fingerprint density at radius 2 is 2.00 bits per heavy atom. The van der Waals surface area contributed by atoms with Gasteiger partial charge in [0.1, 0.15) is 0 Å². The summed E-state index contributed by atoms with van der Waals surface area (Å²) in [5.41, 5.74) is 3.46. The minimum atomic E-state index is 0.170. The molecule has 1 saturated heterocycles.